The van der Waals surface area contributed by atoms with Crippen molar-refractivity contribution in [3.8, 4) is 0 Å². The fourth-order valence-electron chi connectivity index (χ4n) is 4.46. The summed E-state index contributed by atoms with van der Waals surface area (Å²) in [4.78, 5) is 32.9. The van der Waals surface area contributed by atoms with E-state index in [1.54, 1.807) is 23.9 Å². The fraction of sp³-hybridized carbons (Fsp3) is 0.188. The number of nitrogens with zero attached hydrogens (tertiary/aromatic N) is 4. The molecule has 0 aromatic heterocycles. The molecule has 4 aromatic carbocycles. The van der Waals surface area contributed by atoms with Crippen LogP contribution in [0.3, 0.4) is 0 Å². The number of nitrogens with two attached hydrogens (primary N) is 1. The van der Waals surface area contributed by atoms with E-state index in [-0.39, 0.29) is 30.4 Å². The highest BCUT2D eigenvalue weighted by Gasteiger charge is 2.36. The Labute approximate surface area is 241 Å². The molecule has 2 amide bonds. The molecule has 1 heterocycles. The van der Waals surface area contributed by atoms with Crippen molar-refractivity contribution < 1.29 is 15.1 Å². The van der Waals surface area contributed by atoms with E-state index in [9.17, 15) is 9.59 Å². The van der Waals surface area contributed by atoms with Gasteiger partial charge in [-0.3, -0.25) is 15.3 Å². The van der Waals surface area contributed by atoms with E-state index in [1.807, 2.05) is 132 Å². The van der Waals surface area contributed by atoms with E-state index in [0.717, 1.165) is 28.4 Å². The Morgan fingerprint density at radius 3 is 1.34 bits per heavy atom. The Hall–Kier alpha value is -4.86. The number of carbonyl (C=O) groups excluding carboxylic acids is 2. The first-order valence-electron chi connectivity index (χ1n) is 13.1. The predicted molar refractivity (Wildman–Crippen MR) is 168 cm³/mol. The number of fused-ring (bicyclic) bond motifs is 1. The van der Waals surface area contributed by atoms with Crippen LogP contribution in [0, 0.1) is 0 Å². The van der Waals surface area contributed by atoms with Crippen molar-refractivity contribution in [2.45, 2.75) is 6.29 Å². The van der Waals surface area contributed by atoms with Crippen molar-refractivity contribution in [1.29, 1.82) is 0 Å². The molecular weight excluding hydrogens is 516 g/mol. The van der Waals surface area contributed by atoms with Gasteiger partial charge in [0.15, 0.2) is 6.29 Å². The molecule has 0 bridgehead atoms. The topological polar surface area (TPSA) is 117 Å². The summed E-state index contributed by atoms with van der Waals surface area (Å²) in [5, 5.41) is 3.03. The van der Waals surface area contributed by atoms with Gasteiger partial charge in [-0.05, 0) is 48.5 Å². The molecule has 0 spiro atoms. The van der Waals surface area contributed by atoms with E-state index in [4.69, 9.17) is 5.73 Å². The van der Waals surface area contributed by atoms with E-state index in [0.29, 0.717) is 0 Å². The van der Waals surface area contributed by atoms with Gasteiger partial charge in [-0.2, -0.15) is 0 Å². The lowest BCUT2D eigenvalue weighted by atomic mass is 10.2. The third kappa shape index (κ3) is 7.42. The molecule has 0 fully saturated rings. The van der Waals surface area contributed by atoms with Crippen LogP contribution in [0.15, 0.2) is 115 Å². The summed E-state index contributed by atoms with van der Waals surface area (Å²) in [5.74, 6) is -0.174. The Morgan fingerprint density at radius 2 is 1.00 bits per heavy atom. The van der Waals surface area contributed by atoms with Crippen LogP contribution >= 0.6 is 0 Å². The van der Waals surface area contributed by atoms with Crippen LogP contribution in [-0.4, -0.2) is 57.8 Å². The van der Waals surface area contributed by atoms with Crippen LogP contribution < -0.4 is 30.7 Å². The van der Waals surface area contributed by atoms with Gasteiger partial charge in [0, 0.05) is 38.2 Å². The number of hydrogen-bond acceptors (Lipinski definition) is 6. The molecule has 0 unspecified atom stereocenters. The summed E-state index contributed by atoms with van der Waals surface area (Å²) >= 11 is 0. The molecule has 5 N–H and O–H groups in total. The van der Waals surface area contributed by atoms with Crippen molar-refractivity contribution in [1.82, 2.24) is 0 Å². The van der Waals surface area contributed by atoms with E-state index in [2.05, 4.69) is 5.32 Å². The first kappa shape index (κ1) is 30.7. The Morgan fingerprint density at radius 1 is 0.659 bits per heavy atom. The van der Waals surface area contributed by atoms with Gasteiger partial charge in [-0.25, -0.2) is 0 Å². The Balaban J connectivity index is 0.000000444. The number of rotatable bonds is 7. The minimum absolute atomic E-state index is 0. The molecular formula is C32H38N6O3. The van der Waals surface area contributed by atoms with Gasteiger partial charge < -0.3 is 30.4 Å². The third-order valence-corrected chi connectivity index (χ3v) is 6.85. The van der Waals surface area contributed by atoms with Crippen molar-refractivity contribution in [2.24, 2.45) is 5.73 Å². The normalized spacial score (nSPS) is 11.9. The van der Waals surface area contributed by atoms with Crippen molar-refractivity contribution in [3.63, 3.8) is 0 Å². The largest absolute Gasteiger partial charge is 0.412 e. The van der Waals surface area contributed by atoms with E-state index < -0.39 is 6.29 Å². The molecule has 9 heteroatoms. The van der Waals surface area contributed by atoms with Crippen molar-refractivity contribution >= 4 is 40.3 Å². The zero-order valence-corrected chi connectivity index (χ0v) is 23.6. The Bertz CT molecular complexity index is 1300. The van der Waals surface area contributed by atoms with Gasteiger partial charge >= 0.3 is 0 Å². The SMILES string of the molecule is CN(C(=O)CN1c2ccccc2N(CC(=O)N(C)c2ccccc2)C1N)c1ccccc1.CNc1ccccc1.O. The number of para-hydroxylation sites is 5. The average Bonchev–Trinajstić information content (AvgIpc) is 3.27. The summed E-state index contributed by atoms with van der Waals surface area (Å²) in [6.45, 7) is 0.200. The second-order valence-electron chi connectivity index (χ2n) is 9.35. The molecule has 41 heavy (non-hydrogen) atoms. The maximum absolute atomic E-state index is 13.0. The zero-order chi connectivity index (χ0) is 28.5. The minimum atomic E-state index is -0.631. The molecule has 5 rings (SSSR count). The first-order valence-corrected chi connectivity index (χ1v) is 13.1. The van der Waals surface area contributed by atoms with Crippen molar-refractivity contribution in [2.75, 3.05) is 59.1 Å². The molecule has 4 aromatic rings. The maximum atomic E-state index is 13.0. The lowest BCUT2D eigenvalue weighted by Gasteiger charge is -2.31. The molecule has 0 saturated heterocycles. The molecule has 214 valence electrons. The van der Waals surface area contributed by atoms with Crippen LogP contribution in [0.25, 0.3) is 0 Å². The number of carbonyl (C=O) groups is 2. The lowest BCUT2D eigenvalue weighted by Crippen LogP contribution is -2.55. The van der Waals surface area contributed by atoms with Gasteiger partial charge in [0.2, 0.25) is 11.8 Å². The molecule has 0 atom stereocenters. The molecule has 1 aliphatic heterocycles. The highest BCUT2D eigenvalue weighted by molar-refractivity contribution is 5.99. The summed E-state index contributed by atoms with van der Waals surface area (Å²) in [7, 11) is 5.41. The van der Waals surface area contributed by atoms with Gasteiger partial charge in [-0.1, -0.05) is 66.7 Å². The van der Waals surface area contributed by atoms with Crippen molar-refractivity contribution in [3.05, 3.63) is 115 Å². The second kappa shape index (κ2) is 14.5. The monoisotopic (exact) mass is 554 g/mol. The smallest absolute Gasteiger partial charge is 0.246 e. The number of nitrogens with one attached hydrogen (secondary N) is 1. The molecule has 1 aliphatic rings. The summed E-state index contributed by atoms with van der Waals surface area (Å²) < 4.78 is 0. The average molecular weight is 555 g/mol. The summed E-state index contributed by atoms with van der Waals surface area (Å²) in [6, 6.07) is 36.7. The molecule has 9 nitrogen and oxygen atoms in total. The highest BCUT2D eigenvalue weighted by atomic mass is 16.2. The second-order valence-corrected chi connectivity index (χ2v) is 9.35. The number of anilines is 5. The molecule has 0 radical (unpaired) electrons. The maximum Gasteiger partial charge on any atom is 0.246 e. The highest BCUT2D eigenvalue weighted by Crippen LogP contribution is 2.37. The quantitative estimate of drug-likeness (QED) is 0.359. The van der Waals surface area contributed by atoms with Gasteiger partial charge in [0.1, 0.15) is 13.1 Å². The van der Waals surface area contributed by atoms with Crippen LogP contribution in [0.1, 0.15) is 0 Å². The van der Waals surface area contributed by atoms with Gasteiger partial charge in [0.05, 0.1) is 11.4 Å². The number of amides is 2. The number of likely N-dealkylation sites (N-methyl/N-ethyl adjacent to an activating group) is 2. The molecule has 0 aliphatic carbocycles. The number of benzene rings is 4. The zero-order valence-electron chi connectivity index (χ0n) is 23.6. The fourth-order valence-corrected chi connectivity index (χ4v) is 4.46. The Kier molecular flexibility index (Phi) is 10.9. The van der Waals surface area contributed by atoms with Crippen LogP contribution in [0.4, 0.5) is 28.4 Å². The van der Waals surface area contributed by atoms with Gasteiger partial charge in [-0.15, -0.1) is 0 Å². The standard InChI is InChI=1S/C25H27N5O2.C7H9N.H2O/c1-27(19-11-5-3-6-12-19)23(31)17-29-21-15-9-10-16-22(21)30(25(29)26)18-24(32)28(2)20-13-7-4-8-14-20;1-8-7-5-3-2-4-6-7;/h3-16,25H,17-18,26H2,1-2H3;2-6,8H,1H3;1H2. The third-order valence-electron chi connectivity index (χ3n) is 6.85. The van der Waals surface area contributed by atoms with E-state index in [1.165, 1.54) is 0 Å². The summed E-state index contributed by atoms with van der Waals surface area (Å²) in [5.41, 5.74) is 11.0. The van der Waals surface area contributed by atoms with Crippen LogP contribution in [0.2, 0.25) is 0 Å². The van der Waals surface area contributed by atoms with E-state index >= 15 is 0 Å². The predicted octanol–water partition coefficient (Wildman–Crippen LogP) is 3.78. The van der Waals surface area contributed by atoms with Gasteiger partial charge in [0.25, 0.3) is 0 Å². The molecule has 0 saturated carbocycles. The first-order chi connectivity index (χ1) is 19.4. The van der Waals surface area contributed by atoms with Crippen LogP contribution in [0.5, 0.6) is 0 Å². The number of hydrogen-bond donors (Lipinski definition) is 2. The van der Waals surface area contributed by atoms with Crippen LogP contribution in [-0.2, 0) is 9.59 Å². The summed E-state index contributed by atoms with van der Waals surface area (Å²) in [6.07, 6.45) is -0.631. The minimum Gasteiger partial charge on any atom is -0.412 e. The lowest BCUT2D eigenvalue weighted by molar-refractivity contribution is -0.117.